The van der Waals surface area contributed by atoms with Gasteiger partial charge in [-0.1, -0.05) is 0 Å². The number of hydrogen-bond acceptors (Lipinski definition) is 4. The van der Waals surface area contributed by atoms with Crippen molar-refractivity contribution in [1.82, 2.24) is 5.32 Å². The average Bonchev–Trinajstić information content (AvgIpc) is 2.39. The fraction of sp³-hybridized carbons (Fsp3) is 0.385. The maximum Gasteiger partial charge on any atom is 0.239 e. The predicted molar refractivity (Wildman–Crippen MR) is 70.0 cm³/mol. The summed E-state index contributed by atoms with van der Waals surface area (Å²) in [7, 11) is 3.42. The summed E-state index contributed by atoms with van der Waals surface area (Å²) in [5, 5.41) is 2.75. The lowest BCUT2D eigenvalue weighted by Gasteiger charge is -2.18. The van der Waals surface area contributed by atoms with Gasteiger partial charge in [-0.3, -0.25) is 9.59 Å². The zero-order valence-corrected chi connectivity index (χ0v) is 10.7. The molecular weight excluding hydrogens is 232 g/mol. The number of aldehydes is 1. The van der Waals surface area contributed by atoms with Crippen LogP contribution in [0.25, 0.3) is 0 Å². The predicted octanol–water partition coefficient (Wildman–Crippen LogP) is 0.698. The Labute approximate surface area is 107 Å². The van der Waals surface area contributed by atoms with E-state index in [2.05, 4.69) is 5.32 Å². The molecule has 0 spiro atoms. The quantitative estimate of drug-likeness (QED) is 0.571. The van der Waals surface area contributed by atoms with E-state index in [0.29, 0.717) is 18.7 Å². The van der Waals surface area contributed by atoms with E-state index < -0.39 is 0 Å². The van der Waals surface area contributed by atoms with Gasteiger partial charge in [0.1, 0.15) is 6.29 Å². The Balaban J connectivity index is 2.45. The summed E-state index contributed by atoms with van der Waals surface area (Å²) < 4.78 is 4.85. The third-order valence-corrected chi connectivity index (χ3v) is 2.48. The van der Waals surface area contributed by atoms with Gasteiger partial charge >= 0.3 is 0 Å². The second-order valence-electron chi connectivity index (χ2n) is 3.91. The van der Waals surface area contributed by atoms with Gasteiger partial charge < -0.3 is 15.0 Å². The van der Waals surface area contributed by atoms with E-state index >= 15 is 0 Å². The minimum atomic E-state index is -0.0611. The second-order valence-corrected chi connectivity index (χ2v) is 3.91. The Bertz CT molecular complexity index is 390. The number of benzene rings is 1. The summed E-state index contributed by atoms with van der Waals surface area (Å²) >= 11 is 0. The highest BCUT2D eigenvalue weighted by Crippen LogP contribution is 2.12. The molecule has 5 heteroatoms. The molecule has 18 heavy (non-hydrogen) atoms. The number of nitrogens with zero attached hydrogens (tertiary/aromatic N) is 1. The van der Waals surface area contributed by atoms with E-state index in [4.69, 9.17) is 4.74 Å². The zero-order chi connectivity index (χ0) is 13.4. The minimum Gasteiger partial charge on any atom is -0.383 e. The van der Waals surface area contributed by atoms with Crippen molar-refractivity contribution in [3.63, 3.8) is 0 Å². The SMILES string of the molecule is COCCNC(=O)CN(C)c1ccc(C=O)cc1. The Morgan fingerprint density at radius 1 is 1.39 bits per heavy atom. The van der Waals surface area contributed by atoms with Crippen LogP contribution in [0.2, 0.25) is 0 Å². The number of ether oxygens (including phenoxy) is 1. The van der Waals surface area contributed by atoms with Crippen molar-refractivity contribution < 1.29 is 14.3 Å². The fourth-order valence-corrected chi connectivity index (χ4v) is 1.46. The van der Waals surface area contributed by atoms with Crippen molar-refractivity contribution in [2.24, 2.45) is 0 Å². The molecule has 98 valence electrons. The number of carbonyl (C=O) groups excluding carboxylic acids is 2. The van der Waals surface area contributed by atoms with E-state index in [1.54, 1.807) is 19.2 Å². The van der Waals surface area contributed by atoms with E-state index in [-0.39, 0.29) is 12.5 Å². The highest BCUT2D eigenvalue weighted by atomic mass is 16.5. The lowest BCUT2D eigenvalue weighted by atomic mass is 10.2. The summed E-state index contributed by atoms with van der Waals surface area (Å²) in [6.45, 7) is 1.28. The molecule has 1 N–H and O–H groups in total. The second kappa shape index (κ2) is 7.45. The smallest absolute Gasteiger partial charge is 0.239 e. The number of nitrogens with one attached hydrogen (secondary N) is 1. The lowest BCUT2D eigenvalue weighted by molar-refractivity contribution is -0.119. The molecule has 0 atom stereocenters. The standard InChI is InChI=1S/C13H18N2O3/c1-15(9-13(17)14-7-8-18-2)12-5-3-11(10-16)4-6-12/h3-6,10H,7-9H2,1-2H3,(H,14,17). The minimum absolute atomic E-state index is 0.0611. The Kier molecular flexibility index (Phi) is 5.87. The molecule has 0 aromatic heterocycles. The normalized spacial score (nSPS) is 9.89. The summed E-state index contributed by atoms with van der Waals surface area (Å²) in [6.07, 6.45) is 0.793. The van der Waals surface area contributed by atoms with Crippen LogP contribution < -0.4 is 10.2 Å². The highest BCUT2D eigenvalue weighted by Gasteiger charge is 2.06. The first-order valence-corrected chi connectivity index (χ1v) is 5.69. The van der Waals surface area contributed by atoms with Crippen LogP contribution in [-0.2, 0) is 9.53 Å². The highest BCUT2D eigenvalue weighted by molar-refractivity contribution is 5.81. The maximum atomic E-state index is 11.6. The van der Waals surface area contributed by atoms with Gasteiger partial charge in [-0.05, 0) is 24.3 Å². The summed E-state index contributed by atoms with van der Waals surface area (Å²) in [5.74, 6) is -0.0611. The molecule has 0 aliphatic heterocycles. The number of likely N-dealkylation sites (N-methyl/N-ethyl adjacent to an activating group) is 1. The van der Waals surface area contributed by atoms with Gasteiger partial charge in [0, 0.05) is 32.0 Å². The Morgan fingerprint density at radius 2 is 2.06 bits per heavy atom. The molecule has 1 aromatic rings. The van der Waals surface area contributed by atoms with E-state index in [0.717, 1.165) is 12.0 Å². The topological polar surface area (TPSA) is 58.6 Å². The van der Waals surface area contributed by atoms with Gasteiger partial charge in [0.15, 0.2) is 0 Å². The maximum absolute atomic E-state index is 11.6. The summed E-state index contributed by atoms with van der Waals surface area (Å²) in [6, 6.07) is 7.07. The molecular formula is C13H18N2O3. The van der Waals surface area contributed by atoms with Crippen LogP contribution in [-0.4, -0.2) is 46.0 Å². The van der Waals surface area contributed by atoms with E-state index in [9.17, 15) is 9.59 Å². The third kappa shape index (κ3) is 4.55. The van der Waals surface area contributed by atoms with Crippen molar-refractivity contribution in [2.75, 3.05) is 38.8 Å². The first-order chi connectivity index (χ1) is 8.67. The summed E-state index contributed by atoms with van der Waals surface area (Å²) in [5.41, 5.74) is 1.51. The summed E-state index contributed by atoms with van der Waals surface area (Å²) in [4.78, 5) is 23.9. The lowest BCUT2D eigenvalue weighted by Crippen LogP contribution is -2.36. The van der Waals surface area contributed by atoms with Crippen LogP contribution >= 0.6 is 0 Å². The van der Waals surface area contributed by atoms with Crippen LogP contribution in [0, 0.1) is 0 Å². The molecule has 1 rings (SSSR count). The van der Waals surface area contributed by atoms with Gasteiger partial charge in [-0.15, -0.1) is 0 Å². The molecule has 5 nitrogen and oxygen atoms in total. The van der Waals surface area contributed by atoms with E-state index in [1.807, 2.05) is 24.1 Å². The van der Waals surface area contributed by atoms with Gasteiger partial charge in [0.2, 0.25) is 5.91 Å². The number of carbonyl (C=O) groups is 2. The molecule has 0 heterocycles. The zero-order valence-electron chi connectivity index (χ0n) is 10.7. The molecule has 1 aromatic carbocycles. The molecule has 0 unspecified atom stereocenters. The molecule has 0 radical (unpaired) electrons. The van der Waals surface area contributed by atoms with Crippen molar-refractivity contribution in [2.45, 2.75) is 0 Å². The number of anilines is 1. The third-order valence-electron chi connectivity index (χ3n) is 2.48. The monoisotopic (exact) mass is 250 g/mol. The van der Waals surface area contributed by atoms with Crippen LogP contribution in [0.3, 0.4) is 0 Å². The number of rotatable bonds is 7. The molecule has 1 amide bonds. The van der Waals surface area contributed by atoms with E-state index in [1.165, 1.54) is 0 Å². The van der Waals surface area contributed by atoms with Crippen molar-refractivity contribution in [3.8, 4) is 0 Å². The van der Waals surface area contributed by atoms with Crippen molar-refractivity contribution in [3.05, 3.63) is 29.8 Å². The first kappa shape index (κ1) is 14.2. The van der Waals surface area contributed by atoms with Crippen LogP contribution in [0.4, 0.5) is 5.69 Å². The Morgan fingerprint density at radius 3 is 2.61 bits per heavy atom. The van der Waals surface area contributed by atoms with Crippen molar-refractivity contribution in [1.29, 1.82) is 0 Å². The van der Waals surface area contributed by atoms with Gasteiger partial charge in [-0.25, -0.2) is 0 Å². The molecule has 0 aliphatic carbocycles. The first-order valence-electron chi connectivity index (χ1n) is 5.69. The largest absolute Gasteiger partial charge is 0.383 e. The van der Waals surface area contributed by atoms with Gasteiger partial charge in [-0.2, -0.15) is 0 Å². The van der Waals surface area contributed by atoms with Crippen LogP contribution in [0.1, 0.15) is 10.4 Å². The number of methoxy groups -OCH3 is 1. The molecule has 0 saturated carbocycles. The number of hydrogen-bond donors (Lipinski definition) is 1. The molecule has 0 aliphatic rings. The molecule has 0 bridgehead atoms. The van der Waals surface area contributed by atoms with Crippen LogP contribution in [0.15, 0.2) is 24.3 Å². The molecule has 0 saturated heterocycles. The van der Waals surface area contributed by atoms with Crippen LogP contribution in [0.5, 0.6) is 0 Å². The average molecular weight is 250 g/mol. The van der Waals surface area contributed by atoms with Gasteiger partial charge in [0.05, 0.1) is 13.2 Å². The Hall–Kier alpha value is -1.88. The van der Waals surface area contributed by atoms with Gasteiger partial charge in [0.25, 0.3) is 0 Å². The van der Waals surface area contributed by atoms with Crippen molar-refractivity contribution >= 4 is 17.9 Å². The molecule has 0 fully saturated rings. The number of amides is 1. The fourth-order valence-electron chi connectivity index (χ4n) is 1.46.